The van der Waals surface area contributed by atoms with Crippen LogP contribution in [-0.4, -0.2) is 13.2 Å². The van der Waals surface area contributed by atoms with Crippen LogP contribution in [0.15, 0.2) is 46.9 Å². The Labute approximate surface area is 128 Å². The molecule has 1 aliphatic rings. The van der Waals surface area contributed by atoms with Crippen LogP contribution in [0.1, 0.15) is 16.7 Å². The molecule has 0 amide bonds. The Kier molecular flexibility index (Phi) is 4.38. The number of ether oxygens (including phenoxy) is 1. The van der Waals surface area contributed by atoms with E-state index in [2.05, 4.69) is 63.7 Å². The number of benzene rings is 2. The van der Waals surface area contributed by atoms with Gasteiger partial charge in [0, 0.05) is 17.4 Å². The second-order valence-electron chi connectivity index (χ2n) is 5.10. The predicted octanol–water partition coefficient (Wildman–Crippen LogP) is 3.72. The van der Waals surface area contributed by atoms with Gasteiger partial charge in [-0.25, -0.2) is 0 Å². The van der Waals surface area contributed by atoms with Crippen molar-refractivity contribution in [3.8, 4) is 5.75 Å². The first-order chi connectivity index (χ1) is 9.81. The van der Waals surface area contributed by atoms with Gasteiger partial charge in [-0.05, 0) is 47.9 Å². The van der Waals surface area contributed by atoms with Crippen LogP contribution in [0, 0.1) is 0 Å². The maximum Gasteiger partial charge on any atom is 0.122 e. The molecule has 0 aromatic heterocycles. The van der Waals surface area contributed by atoms with Crippen molar-refractivity contribution < 1.29 is 4.74 Å². The van der Waals surface area contributed by atoms with E-state index in [1.54, 1.807) is 0 Å². The van der Waals surface area contributed by atoms with Gasteiger partial charge in [0.15, 0.2) is 0 Å². The fourth-order valence-corrected chi connectivity index (χ4v) is 2.95. The third kappa shape index (κ3) is 3.41. The van der Waals surface area contributed by atoms with E-state index < -0.39 is 0 Å². The van der Waals surface area contributed by atoms with Crippen LogP contribution >= 0.6 is 15.9 Å². The van der Waals surface area contributed by atoms with Crippen molar-refractivity contribution in [3.05, 3.63) is 63.6 Å². The molecule has 0 atom stereocenters. The highest BCUT2D eigenvalue weighted by Crippen LogP contribution is 2.25. The molecule has 1 N–H and O–H groups in total. The molecule has 0 saturated heterocycles. The lowest BCUT2D eigenvalue weighted by Crippen LogP contribution is -2.16. The normalized spacial score (nSPS) is 13.1. The summed E-state index contributed by atoms with van der Waals surface area (Å²) in [7, 11) is 0. The monoisotopic (exact) mass is 331 g/mol. The maximum absolute atomic E-state index is 5.53. The molecule has 2 nitrogen and oxygen atoms in total. The highest BCUT2D eigenvalue weighted by atomic mass is 79.9. The highest BCUT2D eigenvalue weighted by Gasteiger charge is 2.11. The summed E-state index contributed by atoms with van der Waals surface area (Å²) < 4.78 is 6.66. The van der Waals surface area contributed by atoms with Crippen molar-refractivity contribution in [2.45, 2.75) is 19.4 Å². The molecule has 0 fully saturated rings. The summed E-state index contributed by atoms with van der Waals surface area (Å²) in [6, 6.07) is 15.0. The average Bonchev–Trinajstić information content (AvgIpc) is 2.91. The molecule has 0 spiro atoms. The third-order valence-electron chi connectivity index (χ3n) is 3.56. The molecule has 0 aliphatic carbocycles. The zero-order valence-electron chi connectivity index (χ0n) is 11.4. The lowest BCUT2D eigenvalue weighted by atomic mass is 10.1. The molecule has 2 aromatic rings. The summed E-state index contributed by atoms with van der Waals surface area (Å²) in [4.78, 5) is 0. The van der Waals surface area contributed by atoms with Crippen molar-refractivity contribution in [3.63, 3.8) is 0 Å². The van der Waals surface area contributed by atoms with Gasteiger partial charge in [0.1, 0.15) is 5.75 Å². The van der Waals surface area contributed by atoms with Crippen LogP contribution in [0.3, 0.4) is 0 Å². The second kappa shape index (κ2) is 6.42. The van der Waals surface area contributed by atoms with E-state index in [4.69, 9.17) is 4.74 Å². The molecule has 2 aromatic carbocycles. The van der Waals surface area contributed by atoms with E-state index in [0.717, 1.165) is 42.8 Å². The number of nitrogens with one attached hydrogen (secondary N) is 1. The molecule has 3 rings (SSSR count). The highest BCUT2D eigenvalue weighted by molar-refractivity contribution is 9.10. The van der Waals surface area contributed by atoms with E-state index >= 15 is 0 Å². The Morgan fingerprint density at radius 2 is 2.05 bits per heavy atom. The van der Waals surface area contributed by atoms with Gasteiger partial charge in [-0.15, -0.1) is 0 Å². The zero-order chi connectivity index (χ0) is 13.8. The quantitative estimate of drug-likeness (QED) is 0.843. The number of fused-ring (bicyclic) bond motifs is 1. The first-order valence-corrected chi connectivity index (χ1v) is 7.80. The van der Waals surface area contributed by atoms with Gasteiger partial charge in [-0.2, -0.15) is 0 Å². The molecule has 1 heterocycles. The fourth-order valence-electron chi connectivity index (χ4n) is 2.51. The van der Waals surface area contributed by atoms with Crippen LogP contribution in [0.5, 0.6) is 5.75 Å². The summed E-state index contributed by atoms with van der Waals surface area (Å²) in [6.45, 7) is 2.74. The van der Waals surface area contributed by atoms with Crippen LogP contribution in [0.25, 0.3) is 0 Å². The zero-order valence-corrected chi connectivity index (χ0v) is 12.9. The molecular formula is C17H18BrNO. The lowest BCUT2D eigenvalue weighted by molar-refractivity contribution is 0.357. The number of halogens is 1. The predicted molar refractivity (Wildman–Crippen MR) is 85.2 cm³/mol. The SMILES string of the molecule is Brc1cccc(CNCCc2ccc3c(c2)CCO3)c1. The van der Waals surface area contributed by atoms with Crippen LogP contribution in [-0.2, 0) is 19.4 Å². The van der Waals surface area contributed by atoms with Crippen molar-refractivity contribution in [2.75, 3.05) is 13.2 Å². The molecule has 0 unspecified atom stereocenters. The van der Waals surface area contributed by atoms with E-state index in [1.807, 2.05) is 0 Å². The average molecular weight is 332 g/mol. The minimum Gasteiger partial charge on any atom is -0.493 e. The number of rotatable bonds is 5. The van der Waals surface area contributed by atoms with E-state index in [9.17, 15) is 0 Å². The van der Waals surface area contributed by atoms with Crippen molar-refractivity contribution >= 4 is 15.9 Å². The first kappa shape index (κ1) is 13.7. The van der Waals surface area contributed by atoms with Crippen LogP contribution in [0.4, 0.5) is 0 Å². The fraction of sp³-hybridized carbons (Fsp3) is 0.294. The lowest BCUT2D eigenvalue weighted by Gasteiger charge is -2.07. The van der Waals surface area contributed by atoms with E-state index in [1.165, 1.54) is 16.7 Å². The van der Waals surface area contributed by atoms with Gasteiger partial charge in [0.25, 0.3) is 0 Å². The van der Waals surface area contributed by atoms with Crippen LogP contribution in [0.2, 0.25) is 0 Å². The van der Waals surface area contributed by atoms with Gasteiger partial charge in [-0.3, -0.25) is 0 Å². The molecule has 104 valence electrons. The molecule has 0 radical (unpaired) electrons. The summed E-state index contributed by atoms with van der Waals surface area (Å²) in [5, 5.41) is 3.49. The Morgan fingerprint density at radius 1 is 1.10 bits per heavy atom. The topological polar surface area (TPSA) is 21.3 Å². The van der Waals surface area contributed by atoms with Gasteiger partial charge in [-0.1, -0.05) is 40.2 Å². The summed E-state index contributed by atoms with van der Waals surface area (Å²) in [5.74, 6) is 1.07. The van der Waals surface area contributed by atoms with Gasteiger partial charge in [0.2, 0.25) is 0 Å². The minimum absolute atomic E-state index is 0.833. The Bertz CT molecular complexity index is 597. The number of hydrogen-bond acceptors (Lipinski definition) is 2. The Balaban J connectivity index is 1.48. The summed E-state index contributed by atoms with van der Waals surface area (Å²) >= 11 is 3.50. The van der Waals surface area contributed by atoms with Crippen molar-refractivity contribution in [1.29, 1.82) is 0 Å². The van der Waals surface area contributed by atoms with Crippen molar-refractivity contribution in [1.82, 2.24) is 5.32 Å². The number of hydrogen-bond donors (Lipinski definition) is 1. The standard InChI is InChI=1S/C17H18BrNO/c18-16-3-1-2-14(11-16)12-19-8-6-13-4-5-17-15(10-13)7-9-20-17/h1-5,10-11,19H,6-9,12H2. The van der Waals surface area contributed by atoms with Gasteiger partial charge >= 0.3 is 0 Å². The van der Waals surface area contributed by atoms with E-state index in [-0.39, 0.29) is 0 Å². The summed E-state index contributed by atoms with van der Waals surface area (Å²) in [6.07, 6.45) is 2.11. The molecule has 0 bridgehead atoms. The molecule has 1 aliphatic heterocycles. The largest absolute Gasteiger partial charge is 0.493 e. The minimum atomic E-state index is 0.833. The Morgan fingerprint density at radius 3 is 2.95 bits per heavy atom. The molecule has 3 heteroatoms. The smallest absolute Gasteiger partial charge is 0.122 e. The Hall–Kier alpha value is -1.32. The van der Waals surface area contributed by atoms with Crippen LogP contribution < -0.4 is 10.1 Å². The van der Waals surface area contributed by atoms with Gasteiger partial charge in [0.05, 0.1) is 6.61 Å². The molecular weight excluding hydrogens is 314 g/mol. The third-order valence-corrected chi connectivity index (χ3v) is 4.06. The molecule has 20 heavy (non-hydrogen) atoms. The van der Waals surface area contributed by atoms with Crippen molar-refractivity contribution in [2.24, 2.45) is 0 Å². The van der Waals surface area contributed by atoms with Gasteiger partial charge < -0.3 is 10.1 Å². The first-order valence-electron chi connectivity index (χ1n) is 7.01. The maximum atomic E-state index is 5.53. The second-order valence-corrected chi connectivity index (χ2v) is 6.01. The van der Waals surface area contributed by atoms with E-state index in [0.29, 0.717) is 0 Å². The molecule has 0 saturated carbocycles. The summed E-state index contributed by atoms with van der Waals surface area (Å²) in [5.41, 5.74) is 4.05.